The minimum Gasteiger partial charge on any atom is -0.478 e. The first kappa shape index (κ1) is 11.3. The molecule has 0 aliphatic rings. The zero-order valence-corrected chi connectivity index (χ0v) is 8.06. The third kappa shape index (κ3) is 2.39. The highest BCUT2D eigenvalue weighted by molar-refractivity contribution is 8.01. The Morgan fingerprint density at radius 2 is 1.53 bits per heavy atom. The minimum absolute atomic E-state index is 0.472. The summed E-state index contributed by atoms with van der Waals surface area (Å²) in [6.45, 7) is 0. The summed E-state index contributed by atoms with van der Waals surface area (Å²) in [5.74, 6) is -1.44. The first-order valence-electron chi connectivity index (χ1n) is 3.68. The second-order valence-electron chi connectivity index (χ2n) is 2.61. The first-order chi connectivity index (χ1) is 6.84. The maximum atomic E-state index is 11.1. The van der Waals surface area contributed by atoms with Crippen LogP contribution in [0.2, 0.25) is 0 Å². The number of hydrogen-bond acceptors (Lipinski definition) is 4. The standard InChI is InChI=1S/C8H6O6S/c9-7(10)5-3-1-2-4-6(5)8(11)15(12,13)14/h1-4H,(H,9,10)(H,12,13,14). The van der Waals surface area contributed by atoms with E-state index in [1.54, 1.807) is 0 Å². The van der Waals surface area contributed by atoms with Gasteiger partial charge in [-0.3, -0.25) is 9.35 Å². The highest BCUT2D eigenvalue weighted by atomic mass is 32.2. The fraction of sp³-hybridized carbons (Fsp3) is 0. The van der Waals surface area contributed by atoms with E-state index in [2.05, 4.69) is 0 Å². The lowest BCUT2D eigenvalue weighted by atomic mass is 10.1. The van der Waals surface area contributed by atoms with Crippen LogP contribution in [-0.4, -0.2) is 29.2 Å². The minimum atomic E-state index is -4.91. The van der Waals surface area contributed by atoms with Crippen molar-refractivity contribution in [2.75, 3.05) is 0 Å². The molecule has 0 amide bonds. The van der Waals surface area contributed by atoms with Crippen LogP contribution in [0.5, 0.6) is 0 Å². The number of carbonyl (C=O) groups is 2. The molecule has 1 rings (SSSR count). The Kier molecular flexibility index (Phi) is 2.87. The van der Waals surface area contributed by atoms with Gasteiger partial charge < -0.3 is 5.11 Å². The second kappa shape index (κ2) is 3.79. The Hall–Kier alpha value is -1.73. The highest BCUT2D eigenvalue weighted by Crippen LogP contribution is 2.11. The number of carboxylic acids is 1. The molecule has 0 saturated heterocycles. The van der Waals surface area contributed by atoms with Gasteiger partial charge in [0, 0.05) is 0 Å². The normalized spacial score (nSPS) is 11.0. The Bertz CT molecular complexity index is 516. The molecule has 0 aliphatic heterocycles. The van der Waals surface area contributed by atoms with Crippen molar-refractivity contribution in [1.82, 2.24) is 0 Å². The van der Waals surface area contributed by atoms with Crippen LogP contribution >= 0.6 is 0 Å². The molecule has 0 bridgehead atoms. The van der Waals surface area contributed by atoms with Gasteiger partial charge in [-0.05, 0) is 12.1 Å². The van der Waals surface area contributed by atoms with Gasteiger partial charge in [0.1, 0.15) is 0 Å². The van der Waals surface area contributed by atoms with Crippen LogP contribution < -0.4 is 0 Å². The van der Waals surface area contributed by atoms with Crippen LogP contribution in [0, 0.1) is 0 Å². The SMILES string of the molecule is O=C(O)c1ccccc1C(=O)S(=O)(=O)O. The van der Waals surface area contributed by atoms with Crippen molar-refractivity contribution in [3.05, 3.63) is 35.4 Å². The van der Waals surface area contributed by atoms with E-state index in [0.717, 1.165) is 12.1 Å². The number of benzene rings is 1. The van der Waals surface area contributed by atoms with Crippen LogP contribution in [0.15, 0.2) is 24.3 Å². The summed E-state index contributed by atoms with van der Waals surface area (Å²) in [4.78, 5) is 21.7. The number of rotatable bonds is 2. The fourth-order valence-corrected chi connectivity index (χ4v) is 1.44. The van der Waals surface area contributed by atoms with Crippen LogP contribution in [0.3, 0.4) is 0 Å². The molecule has 0 unspecified atom stereocenters. The van der Waals surface area contributed by atoms with E-state index in [1.165, 1.54) is 12.1 Å². The van der Waals surface area contributed by atoms with Gasteiger partial charge in [0.05, 0.1) is 11.1 Å². The molecule has 0 fully saturated rings. The Morgan fingerprint density at radius 1 is 1.07 bits per heavy atom. The van der Waals surface area contributed by atoms with Gasteiger partial charge in [0.25, 0.3) is 0 Å². The number of hydrogen-bond donors (Lipinski definition) is 2. The zero-order chi connectivity index (χ0) is 11.6. The van der Waals surface area contributed by atoms with Gasteiger partial charge in [-0.2, -0.15) is 8.42 Å². The summed E-state index contributed by atoms with van der Waals surface area (Å²) in [5.41, 5.74) is -1.03. The second-order valence-corrected chi connectivity index (χ2v) is 3.93. The molecule has 15 heavy (non-hydrogen) atoms. The molecule has 80 valence electrons. The van der Waals surface area contributed by atoms with Crippen molar-refractivity contribution < 1.29 is 27.7 Å². The van der Waals surface area contributed by atoms with Crippen molar-refractivity contribution in [3.63, 3.8) is 0 Å². The smallest absolute Gasteiger partial charge is 0.336 e. The molecule has 0 aliphatic carbocycles. The molecule has 0 aromatic heterocycles. The topological polar surface area (TPSA) is 109 Å². The first-order valence-corrected chi connectivity index (χ1v) is 5.12. The quantitative estimate of drug-likeness (QED) is 0.712. The number of carbonyl (C=O) groups excluding carboxylic acids is 1. The summed E-state index contributed by atoms with van der Waals surface area (Å²) in [6, 6.07) is 4.72. The summed E-state index contributed by atoms with van der Waals surface area (Å²) < 4.78 is 29.5. The molecular formula is C8H6O6S. The molecular weight excluding hydrogens is 224 g/mol. The third-order valence-corrected chi connectivity index (χ3v) is 2.30. The van der Waals surface area contributed by atoms with Gasteiger partial charge in [-0.1, -0.05) is 12.1 Å². The number of aromatic carboxylic acids is 1. The van der Waals surface area contributed by atoms with Crippen molar-refractivity contribution in [3.8, 4) is 0 Å². The van der Waals surface area contributed by atoms with Crippen molar-refractivity contribution in [2.45, 2.75) is 0 Å². The molecule has 2 N–H and O–H groups in total. The van der Waals surface area contributed by atoms with Crippen molar-refractivity contribution >= 4 is 21.2 Å². The predicted octanol–water partition coefficient (Wildman–Crippen LogP) is 0.413. The van der Waals surface area contributed by atoms with E-state index >= 15 is 0 Å². The Balaban J connectivity index is 3.39. The maximum Gasteiger partial charge on any atom is 0.336 e. The molecule has 6 nitrogen and oxygen atoms in total. The average molecular weight is 230 g/mol. The van der Waals surface area contributed by atoms with E-state index < -0.39 is 32.3 Å². The predicted molar refractivity (Wildman–Crippen MR) is 49.3 cm³/mol. The maximum absolute atomic E-state index is 11.1. The van der Waals surface area contributed by atoms with Crippen LogP contribution in [0.4, 0.5) is 0 Å². The summed E-state index contributed by atoms with van der Waals surface area (Å²) in [7, 11) is -4.91. The van der Waals surface area contributed by atoms with Gasteiger partial charge in [0.15, 0.2) is 0 Å². The molecule has 7 heteroatoms. The van der Waals surface area contributed by atoms with E-state index in [1.807, 2.05) is 0 Å². The molecule has 0 heterocycles. The molecule has 0 atom stereocenters. The lowest BCUT2D eigenvalue weighted by molar-refractivity contribution is 0.0693. The highest BCUT2D eigenvalue weighted by Gasteiger charge is 2.25. The van der Waals surface area contributed by atoms with Crippen LogP contribution in [0.1, 0.15) is 20.7 Å². The van der Waals surface area contributed by atoms with E-state index in [9.17, 15) is 18.0 Å². The van der Waals surface area contributed by atoms with Crippen molar-refractivity contribution in [1.29, 1.82) is 0 Å². The molecule has 0 radical (unpaired) electrons. The lowest BCUT2D eigenvalue weighted by Gasteiger charge is -2.01. The van der Waals surface area contributed by atoms with Gasteiger partial charge >= 0.3 is 21.2 Å². The molecule has 0 saturated carbocycles. The van der Waals surface area contributed by atoms with E-state index in [-0.39, 0.29) is 0 Å². The van der Waals surface area contributed by atoms with Crippen LogP contribution in [0.25, 0.3) is 0 Å². The fourth-order valence-electron chi connectivity index (χ4n) is 0.987. The molecule has 1 aromatic rings. The summed E-state index contributed by atoms with van der Waals surface area (Å²) >= 11 is 0. The number of carboxylic acid groups (broad SMARTS) is 1. The van der Waals surface area contributed by atoms with Crippen molar-refractivity contribution in [2.24, 2.45) is 0 Å². The molecule has 0 spiro atoms. The third-order valence-electron chi connectivity index (χ3n) is 1.61. The lowest BCUT2D eigenvalue weighted by Crippen LogP contribution is -2.17. The van der Waals surface area contributed by atoms with Gasteiger partial charge in [-0.15, -0.1) is 0 Å². The summed E-state index contributed by atoms with van der Waals surface area (Å²) in [6.07, 6.45) is 0. The average Bonchev–Trinajstić information content (AvgIpc) is 2.15. The van der Waals surface area contributed by atoms with Gasteiger partial charge in [-0.25, -0.2) is 4.79 Å². The Labute approximate surface area is 84.9 Å². The molecule has 1 aromatic carbocycles. The Morgan fingerprint density at radius 3 is 1.93 bits per heavy atom. The van der Waals surface area contributed by atoms with E-state index in [0.29, 0.717) is 0 Å². The largest absolute Gasteiger partial charge is 0.478 e. The van der Waals surface area contributed by atoms with E-state index in [4.69, 9.17) is 9.66 Å². The monoisotopic (exact) mass is 230 g/mol. The van der Waals surface area contributed by atoms with Crippen LogP contribution in [-0.2, 0) is 10.1 Å². The van der Waals surface area contributed by atoms with Gasteiger partial charge in [0.2, 0.25) is 0 Å². The summed E-state index contributed by atoms with van der Waals surface area (Å²) in [5, 5.41) is 7.03. The zero-order valence-electron chi connectivity index (χ0n) is 7.25.